The van der Waals surface area contributed by atoms with Crippen LogP contribution in [-0.2, 0) is 4.79 Å². The van der Waals surface area contributed by atoms with Gasteiger partial charge in [0.05, 0.1) is 0 Å². The van der Waals surface area contributed by atoms with Crippen molar-refractivity contribution in [3.05, 3.63) is 53.6 Å². The summed E-state index contributed by atoms with van der Waals surface area (Å²) in [5.41, 5.74) is 3.32. The monoisotopic (exact) mass is 355 g/mol. The summed E-state index contributed by atoms with van der Waals surface area (Å²) < 4.78 is 5.73. The number of urea groups is 1. The third kappa shape index (κ3) is 5.51. The first kappa shape index (κ1) is 19.3. The normalized spacial score (nSPS) is 10.3. The summed E-state index contributed by atoms with van der Waals surface area (Å²) >= 11 is 0. The van der Waals surface area contributed by atoms with Gasteiger partial charge in [0.1, 0.15) is 5.75 Å². The van der Waals surface area contributed by atoms with E-state index in [1.165, 1.54) is 7.05 Å². The van der Waals surface area contributed by atoms with Crippen molar-refractivity contribution < 1.29 is 14.3 Å². The molecule has 0 aliphatic rings. The number of carbonyl (C=O) groups is 2. The number of nitrogens with one attached hydrogen (secondary N) is 3. The van der Waals surface area contributed by atoms with Gasteiger partial charge >= 0.3 is 6.03 Å². The van der Waals surface area contributed by atoms with Crippen molar-refractivity contribution >= 4 is 23.3 Å². The smallest absolute Gasteiger partial charge is 0.318 e. The quantitative estimate of drug-likeness (QED) is 0.735. The van der Waals surface area contributed by atoms with Gasteiger partial charge < -0.3 is 20.7 Å². The standard InChI is InChI=1S/C20H25N3O3/c1-13(2)17-9-8-14(3)10-18(17)26-12-19(24)22-15-6-5-7-16(11-15)23-20(25)21-4/h5-11,13H,12H2,1-4H3,(H,22,24)(H2,21,23,25). The Hall–Kier alpha value is -3.02. The first-order valence-electron chi connectivity index (χ1n) is 8.51. The van der Waals surface area contributed by atoms with Crippen molar-refractivity contribution in [3.63, 3.8) is 0 Å². The van der Waals surface area contributed by atoms with Crippen LogP contribution in [-0.4, -0.2) is 25.6 Å². The summed E-state index contributed by atoms with van der Waals surface area (Å²) in [6.45, 7) is 6.07. The molecule has 2 aromatic rings. The molecule has 2 rings (SSSR count). The van der Waals surface area contributed by atoms with E-state index in [-0.39, 0.29) is 18.5 Å². The molecule has 138 valence electrons. The lowest BCUT2D eigenvalue weighted by atomic mass is 10.0. The Balaban J connectivity index is 1.98. The fraction of sp³-hybridized carbons (Fsp3) is 0.300. The number of benzene rings is 2. The highest BCUT2D eigenvalue weighted by molar-refractivity contribution is 5.94. The average Bonchev–Trinajstić information content (AvgIpc) is 2.60. The van der Waals surface area contributed by atoms with Crippen molar-refractivity contribution in [2.24, 2.45) is 0 Å². The zero-order valence-electron chi connectivity index (χ0n) is 15.6. The molecular formula is C20H25N3O3. The third-order valence-electron chi connectivity index (χ3n) is 3.78. The van der Waals surface area contributed by atoms with Gasteiger partial charge in [-0.05, 0) is 48.2 Å². The van der Waals surface area contributed by atoms with Crippen LogP contribution in [0.15, 0.2) is 42.5 Å². The zero-order chi connectivity index (χ0) is 19.1. The van der Waals surface area contributed by atoms with Crippen molar-refractivity contribution in [3.8, 4) is 5.75 Å². The first-order chi connectivity index (χ1) is 12.4. The Morgan fingerprint density at radius 3 is 2.38 bits per heavy atom. The van der Waals surface area contributed by atoms with Crippen LogP contribution in [0.25, 0.3) is 0 Å². The Morgan fingerprint density at radius 2 is 1.73 bits per heavy atom. The minimum atomic E-state index is -0.322. The molecule has 3 amide bonds. The highest BCUT2D eigenvalue weighted by Gasteiger charge is 2.11. The molecule has 26 heavy (non-hydrogen) atoms. The van der Waals surface area contributed by atoms with Crippen LogP contribution in [0, 0.1) is 6.92 Å². The van der Waals surface area contributed by atoms with Crippen LogP contribution in [0.3, 0.4) is 0 Å². The van der Waals surface area contributed by atoms with Crippen LogP contribution < -0.4 is 20.7 Å². The average molecular weight is 355 g/mol. The van der Waals surface area contributed by atoms with Gasteiger partial charge in [0.15, 0.2) is 6.61 Å². The Labute approximate surface area is 153 Å². The number of amides is 3. The van der Waals surface area contributed by atoms with Gasteiger partial charge in [-0.3, -0.25) is 4.79 Å². The number of rotatable bonds is 6. The minimum Gasteiger partial charge on any atom is -0.483 e. The molecule has 0 bridgehead atoms. The van der Waals surface area contributed by atoms with E-state index in [2.05, 4.69) is 29.8 Å². The van der Waals surface area contributed by atoms with E-state index in [0.29, 0.717) is 17.3 Å². The van der Waals surface area contributed by atoms with E-state index in [1.54, 1.807) is 24.3 Å². The first-order valence-corrected chi connectivity index (χ1v) is 8.51. The molecule has 0 saturated heterocycles. The molecule has 0 atom stereocenters. The van der Waals surface area contributed by atoms with Gasteiger partial charge in [0, 0.05) is 18.4 Å². The Bertz CT molecular complexity index is 788. The van der Waals surface area contributed by atoms with Crippen molar-refractivity contribution in [2.75, 3.05) is 24.3 Å². The fourth-order valence-electron chi connectivity index (χ4n) is 2.45. The highest BCUT2D eigenvalue weighted by Crippen LogP contribution is 2.27. The second-order valence-electron chi connectivity index (χ2n) is 6.32. The molecule has 0 heterocycles. The summed E-state index contributed by atoms with van der Waals surface area (Å²) in [4.78, 5) is 23.6. The molecule has 0 spiro atoms. The molecule has 0 unspecified atom stereocenters. The fourth-order valence-corrected chi connectivity index (χ4v) is 2.45. The number of ether oxygens (including phenoxy) is 1. The number of aryl methyl sites for hydroxylation is 1. The highest BCUT2D eigenvalue weighted by atomic mass is 16.5. The Morgan fingerprint density at radius 1 is 1.04 bits per heavy atom. The molecule has 3 N–H and O–H groups in total. The van der Waals surface area contributed by atoms with Crippen LogP contribution in [0.1, 0.15) is 30.9 Å². The predicted octanol–water partition coefficient (Wildman–Crippen LogP) is 3.89. The molecule has 0 saturated carbocycles. The molecule has 0 aliphatic heterocycles. The maximum Gasteiger partial charge on any atom is 0.318 e. The van der Waals surface area contributed by atoms with Crippen molar-refractivity contribution in [2.45, 2.75) is 26.7 Å². The predicted molar refractivity (Wildman–Crippen MR) is 104 cm³/mol. The molecule has 6 heteroatoms. The molecule has 0 fully saturated rings. The third-order valence-corrected chi connectivity index (χ3v) is 3.78. The number of anilines is 2. The van der Waals surface area contributed by atoms with Crippen LogP contribution in [0.4, 0.5) is 16.2 Å². The van der Waals surface area contributed by atoms with E-state index >= 15 is 0 Å². The van der Waals surface area contributed by atoms with Gasteiger partial charge in [0.25, 0.3) is 5.91 Å². The van der Waals surface area contributed by atoms with Gasteiger partial charge in [-0.25, -0.2) is 4.79 Å². The Kier molecular flexibility index (Phi) is 6.60. The second kappa shape index (κ2) is 8.89. The molecule has 0 aliphatic carbocycles. The number of hydrogen-bond donors (Lipinski definition) is 3. The lowest BCUT2D eigenvalue weighted by molar-refractivity contribution is -0.118. The van der Waals surface area contributed by atoms with Crippen LogP contribution in [0.2, 0.25) is 0 Å². The summed E-state index contributed by atoms with van der Waals surface area (Å²) in [6.07, 6.45) is 0. The van der Waals surface area contributed by atoms with Crippen LogP contribution in [0.5, 0.6) is 5.75 Å². The van der Waals surface area contributed by atoms with Gasteiger partial charge in [-0.2, -0.15) is 0 Å². The molecule has 0 aromatic heterocycles. The van der Waals surface area contributed by atoms with E-state index < -0.39 is 0 Å². The lowest BCUT2D eigenvalue weighted by Crippen LogP contribution is -2.24. The van der Waals surface area contributed by atoms with Crippen molar-refractivity contribution in [1.29, 1.82) is 0 Å². The van der Waals surface area contributed by atoms with Gasteiger partial charge in [-0.15, -0.1) is 0 Å². The van der Waals surface area contributed by atoms with Gasteiger partial charge in [0.2, 0.25) is 0 Å². The summed E-state index contributed by atoms with van der Waals surface area (Å²) in [7, 11) is 1.54. The lowest BCUT2D eigenvalue weighted by Gasteiger charge is -2.15. The van der Waals surface area contributed by atoms with E-state index in [9.17, 15) is 9.59 Å². The van der Waals surface area contributed by atoms with Crippen molar-refractivity contribution in [1.82, 2.24) is 5.32 Å². The van der Waals surface area contributed by atoms with E-state index in [4.69, 9.17) is 4.74 Å². The molecule has 6 nitrogen and oxygen atoms in total. The largest absolute Gasteiger partial charge is 0.483 e. The van der Waals surface area contributed by atoms with E-state index in [1.807, 2.05) is 25.1 Å². The summed E-state index contributed by atoms with van der Waals surface area (Å²) in [5.74, 6) is 0.768. The summed E-state index contributed by atoms with van der Waals surface area (Å²) in [6, 6.07) is 12.6. The molecular weight excluding hydrogens is 330 g/mol. The maximum absolute atomic E-state index is 12.2. The maximum atomic E-state index is 12.2. The van der Waals surface area contributed by atoms with E-state index in [0.717, 1.165) is 16.9 Å². The van der Waals surface area contributed by atoms with Crippen LogP contribution >= 0.6 is 0 Å². The molecule has 2 aromatic carbocycles. The number of hydrogen-bond acceptors (Lipinski definition) is 3. The minimum absolute atomic E-state index is 0.0870. The summed E-state index contributed by atoms with van der Waals surface area (Å²) in [5, 5.41) is 7.90. The second-order valence-corrected chi connectivity index (χ2v) is 6.32. The molecule has 0 radical (unpaired) electrons. The number of carbonyl (C=O) groups excluding carboxylic acids is 2. The SMILES string of the molecule is CNC(=O)Nc1cccc(NC(=O)COc2cc(C)ccc2C(C)C)c1. The van der Waals surface area contributed by atoms with Gasteiger partial charge in [-0.1, -0.05) is 32.0 Å². The zero-order valence-corrected chi connectivity index (χ0v) is 15.6. The topological polar surface area (TPSA) is 79.5 Å².